The van der Waals surface area contributed by atoms with Gasteiger partial charge in [0.15, 0.2) is 11.5 Å². The van der Waals surface area contributed by atoms with Crippen molar-refractivity contribution in [3.63, 3.8) is 0 Å². The molecule has 35 heavy (non-hydrogen) atoms. The minimum Gasteiger partial charge on any atom is -0.382 e. The molecule has 0 aliphatic carbocycles. The molecule has 1 saturated heterocycles. The van der Waals surface area contributed by atoms with Crippen LogP contribution < -0.4 is 11.1 Å². The van der Waals surface area contributed by atoms with Gasteiger partial charge in [-0.1, -0.05) is 0 Å². The lowest BCUT2D eigenvalue weighted by atomic mass is 10.1. The van der Waals surface area contributed by atoms with Crippen molar-refractivity contribution in [2.24, 2.45) is 0 Å². The van der Waals surface area contributed by atoms with Gasteiger partial charge in [-0.25, -0.2) is 15.0 Å². The quantitative estimate of drug-likeness (QED) is 0.401. The van der Waals surface area contributed by atoms with Crippen molar-refractivity contribution >= 4 is 17.4 Å². The Morgan fingerprint density at radius 2 is 2.09 bits per heavy atom. The van der Waals surface area contributed by atoms with Gasteiger partial charge in [0.2, 0.25) is 0 Å². The summed E-state index contributed by atoms with van der Waals surface area (Å²) in [5.41, 5.74) is 6.65. The lowest BCUT2D eigenvalue weighted by Gasteiger charge is -2.20. The maximum atomic E-state index is 13.5. The number of carbonyl (C=O) groups is 1. The average Bonchev–Trinajstić information content (AvgIpc) is 3.57. The van der Waals surface area contributed by atoms with Crippen LogP contribution in [0.1, 0.15) is 29.0 Å². The first-order valence-corrected chi connectivity index (χ1v) is 11.1. The number of alkyl halides is 3. The summed E-state index contributed by atoms with van der Waals surface area (Å²) in [5, 5.41) is 2.86. The van der Waals surface area contributed by atoms with Crippen LogP contribution in [0.15, 0.2) is 42.9 Å². The summed E-state index contributed by atoms with van der Waals surface area (Å²) in [6.07, 6.45) is 1.18. The summed E-state index contributed by atoms with van der Waals surface area (Å²) in [7, 11) is 2.00. The number of H-pyrrole nitrogens is 1. The number of carbonyl (C=O) groups excluding carboxylic acids is 1. The lowest BCUT2D eigenvalue weighted by molar-refractivity contribution is -0.141. The number of anilines is 1. The van der Waals surface area contributed by atoms with Crippen molar-refractivity contribution in [3.05, 3.63) is 54.2 Å². The van der Waals surface area contributed by atoms with Crippen molar-refractivity contribution in [2.45, 2.75) is 25.1 Å². The number of hydrogen-bond acceptors (Lipinski definition) is 6. The number of aromatic amines is 1. The Morgan fingerprint density at radius 3 is 2.77 bits per heavy atom. The Kier molecular flexibility index (Phi) is 5.67. The molecule has 182 valence electrons. The number of likely N-dealkylation sites (tertiary alicyclic amines) is 1. The third-order valence-corrected chi connectivity index (χ3v) is 6.23. The normalized spacial score (nSPS) is 16.7. The summed E-state index contributed by atoms with van der Waals surface area (Å²) >= 11 is 0. The molecule has 0 spiro atoms. The number of hydrogen-bond donors (Lipinski definition) is 3. The highest BCUT2D eigenvalue weighted by atomic mass is 19.4. The van der Waals surface area contributed by atoms with E-state index in [1.165, 1.54) is 12.3 Å². The van der Waals surface area contributed by atoms with Crippen LogP contribution in [-0.4, -0.2) is 61.3 Å². The molecule has 4 aromatic heterocycles. The van der Waals surface area contributed by atoms with Crippen LogP contribution in [0, 0.1) is 0 Å². The van der Waals surface area contributed by atoms with Crippen molar-refractivity contribution in [2.75, 3.05) is 25.9 Å². The molecular weight excluding hydrogens is 461 g/mol. The smallest absolute Gasteiger partial charge is 0.382 e. The van der Waals surface area contributed by atoms with Gasteiger partial charge in [-0.05, 0) is 50.7 Å². The molecule has 12 heteroatoms. The Labute approximate surface area is 198 Å². The zero-order valence-electron chi connectivity index (χ0n) is 18.8. The molecule has 9 nitrogen and oxygen atoms in total. The number of halogens is 3. The third-order valence-electron chi connectivity index (χ3n) is 6.23. The lowest BCUT2D eigenvalue weighted by Crippen LogP contribution is -2.38. The molecular formula is C23H23F3N8O. The minimum atomic E-state index is -4.59. The minimum absolute atomic E-state index is 0.0738. The van der Waals surface area contributed by atoms with E-state index < -0.39 is 17.8 Å². The first kappa shape index (κ1) is 22.8. The summed E-state index contributed by atoms with van der Waals surface area (Å²) in [6.45, 7) is 1.40. The highest BCUT2D eigenvalue weighted by Crippen LogP contribution is 2.33. The van der Waals surface area contributed by atoms with E-state index in [1.807, 2.05) is 7.05 Å². The van der Waals surface area contributed by atoms with Crippen LogP contribution in [0.25, 0.3) is 28.3 Å². The molecule has 4 N–H and O–H groups in total. The fourth-order valence-electron chi connectivity index (χ4n) is 4.34. The Morgan fingerprint density at radius 1 is 1.26 bits per heavy atom. The van der Waals surface area contributed by atoms with Gasteiger partial charge in [0, 0.05) is 30.5 Å². The van der Waals surface area contributed by atoms with E-state index in [2.05, 4.69) is 30.2 Å². The van der Waals surface area contributed by atoms with Crippen molar-refractivity contribution in [1.29, 1.82) is 0 Å². The van der Waals surface area contributed by atoms with Crippen LogP contribution >= 0.6 is 0 Å². The molecule has 1 atom stereocenters. The van der Waals surface area contributed by atoms with Gasteiger partial charge in [-0.2, -0.15) is 13.2 Å². The van der Waals surface area contributed by atoms with Gasteiger partial charge in [-0.3, -0.25) is 9.20 Å². The highest BCUT2D eigenvalue weighted by Gasteiger charge is 2.34. The predicted molar refractivity (Wildman–Crippen MR) is 123 cm³/mol. The zero-order chi connectivity index (χ0) is 24.7. The van der Waals surface area contributed by atoms with Crippen LogP contribution in [-0.2, 0) is 6.18 Å². The predicted octanol–water partition coefficient (Wildman–Crippen LogP) is 3.21. The molecule has 5 rings (SSSR count). The molecule has 1 amide bonds. The summed E-state index contributed by atoms with van der Waals surface area (Å²) < 4.78 is 41.4. The number of rotatable bonds is 5. The molecule has 0 bridgehead atoms. The summed E-state index contributed by atoms with van der Waals surface area (Å²) in [4.78, 5) is 30.9. The molecule has 0 saturated carbocycles. The van der Waals surface area contributed by atoms with Crippen LogP contribution in [0.2, 0.25) is 0 Å². The number of nitrogens with one attached hydrogen (secondary N) is 2. The van der Waals surface area contributed by atoms with Crippen molar-refractivity contribution < 1.29 is 18.0 Å². The Bertz CT molecular complexity index is 1380. The topological polar surface area (TPSA) is 117 Å². The first-order valence-electron chi connectivity index (χ1n) is 11.1. The van der Waals surface area contributed by atoms with Crippen molar-refractivity contribution in [3.8, 4) is 22.6 Å². The number of nitrogens with two attached hydrogens (primary N) is 1. The maximum Gasteiger partial charge on any atom is 0.433 e. The fraction of sp³-hybridized carbons (Fsp3) is 0.304. The molecule has 5 heterocycles. The van der Waals surface area contributed by atoms with E-state index >= 15 is 0 Å². The molecule has 1 aliphatic rings. The van der Waals surface area contributed by atoms with Crippen molar-refractivity contribution in [1.82, 2.24) is 34.6 Å². The first-order chi connectivity index (χ1) is 16.7. The van der Waals surface area contributed by atoms with Gasteiger partial charge >= 0.3 is 6.18 Å². The second-order valence-electron chi connectivity index (χ2n) is 8.51. The van der Waals surface area contributed by atoms with E-state index in [9.17, 15) is 18.0 Å². The second kappa shape index (κ2) is 8.69. The monoisotopic (exact) mass is 484 g/mol. The number of nitrogen functional groups attached to an aromatic ring is 1. The second-order valence-corrected chi connectivity index (χ2v) is 8.51. The van der Waals surface area contributed by atoms with Crippen LogP contribution in [0.5, 0.6) is 0 Å². The largest absolute Gasteiger partial charge is 0.433 e. The molecule has 4 aromatic rings. The van der Waals surface area contributed by atoms with Crippen LogP contribution in [0.3, 0.4) is 0 Å². The maximum absolute atomic E-state index is 13.5. The zero-order valence-corrected chi connectivity index (χ0v) is 18.8. The number of fused-ring (bicyclic) bond motifs is 1. The van der Waals surface area contributed by atoms with Gasteiger partial charge in [0.25, 0.3) is 5.91 Å². The van der Waals surface area contributed by atoms with Gasteiger partial charge in [0.05, 0.1) is 11.9 Å². The van der Waals surface area contributed by atoms with E-state index in [0.29, 0.717) is 23.5 Å². The fourth-order valence-corrected chi connectivity index (χ4v) is 4.34. The number of amides is 1. The average molecular weight is 484 g/mol. The van der Waals surface area contributed by atoms with E-state index in [4.69, 9.17) is 5.73 Å². The number of likely N-dealkylation sites (N-methyl/N-ethyl adjacent to an activating group) is 1. The number of imidazole rings is 1. The van der Waals surface area contributed by atoms with Gasteiger partial charge < -0.3 is 20.9 Å². The van der Waals surface area contributed by atoms with Gasteiger partial charge in [0.1, 0.15) is 22.7 Å². The summed E-state index contributed by atoms with van der Waals surface area (Å²) in [5.74, 6) is -0.565. The third kappa shape index (κ3) is 4.32. The number of pyridine rings is 1. The Hall–Kier alpha value is -3.93. The number of nitrogens with zero attached hydrogens (tertiary/aromatic N) is 5. The standard InChI is InChI=1S/C23H23F3N8O/c1-33-9-3-4-14(33)10-30-22(35)20-21(27)32-19(15-5-2-8-28-15)18(31-20)13-6-7-17-29-11-16(23(24,25)26)34(17)12-13/h2,5-8,11-12,14,28H,3-4,9-10H2,1H3,(H2,27,32)(H,30,35). The van der Waals surface area contributed by atoms with Crippen LogP contribution in [0.4, 0.5) is 19.0 Å². The highest BCUT2D eigenvalue weighted by molar-refractivity contribution is 5.98. The summed E-state index contributed by atoms with van der Waals surface area (Å²) in [6, 6.07) is 6.74. The molecule has 0 aromatic carbocycles. The SMILES string of the molecule is CN1CCCC1CNC(=O)c1nc(-c2ccc3ncc(C(F)(F)F)n3c2)c(-c2ccc[nH]2)nc1N. The molecule has 1 unspecified atom stereocenters. The molecule has 1 aliphatic heterocycles. The number of aromatic nitrogens is 5. The van der Waals surface area contributed by atoms with E-state index in [-0.39, 0.29) is 28.9 Å². The van der Waals surface area contributed by atoms with E-state index in [0.717, 1.165) is 30.0 Å². The van der Waals surface area contributed by atoms with Gasteiger partial charge in [-0.15, -0.1) is 0 Å². The Balaban J connectivity index is 1.58. The molecule has 0 radical (unpaired) electrons. The van der Waals surface area contributed by atoms with E-state index in [1.54, 1.807) is 24.4 Å². The molecule has 1 fully saturated rings.